The van der Waals surface area contributed by atoms with Gasteiger partial charge in [0.25, 0.3) is 5.91 Å². The third-order valence-electron chi connectivity index (χ3n) is 7.60. The van der Waals surface area contributed by atoms with Gasteiger partial charge >= 0.3 is 0 Å². The molecule has 1 fully saturated rings. The van der Waals surface area contributed by atoms with Crippen LogP contribution in [0.5, 0.6) is 0 Å². The Kier molecular flexibility index (Phi) is 8.03. The molecular weight excluding hydrogens is 482 g/mol. The first kappa shape index (κ1) is 25.6. The Balaban J connectivity index is 1.39. The molecule has 1 saturated heterocycles. The number of rotatable bonds is 8. The Bertz CT molecular complexity index is 1200. The fourth-order valence-corrected chi connectivity index (χ4v) is 6.35. The van der Waals surface area contributed by atoms with Crippen LogP contribution in [-0.4, -0.2) is 55.0 Å². The quantitative estimate of drug-likeness (QED) is 0.426. The van der Waals surface area contributed by atoms with E-state index in [4.69, 9.17) is 4.74 Å². The van der Waals surface area contributed by atoms with Crippen LogP contribution in [0.1, 0.15) is 58.1 Å². The highest BCUT2D eigenvalue weighted by Crippen LogP contribution is 2.44. The van der Waals surface area contributed by atoms with Crippen LogP contribution >= 0.6 is 11.3 Å². The molecule has 3 aromatic rings. The minimum atomic E-state index is -0.528. The molecule has 2 aliphatic heterocycles. The summed E-state index contributed by atoms with van der Waals surface area (Å²) in [6.07, 6.45) is 2.51. The number of carbonyl (C=O) groups is 2. The number of piperidine rings is 1. The number of hydrogen-bond acceptors (Lipinski definition) is 5. The van der Waals surface area contributed by atoms with Crippen LogP contribution in [-0.2, 0) is 16.1 Å². The molecule has 7 heteroatoms. The fraction of sp³-hybridized carbons (Fsp3) is 0.400. The van der Waals surface area contributed by atoms with Crippen LogP contribution in [0.2, 0.25) is 0 Å². The van der Waals surface area contributed by atoms with Crippen molar-refractivity contribution in [2.24, 2.45) is 5.92 Å². The molecule has 2 aromatic carbocycles. The van der Waals surface area contributed by atoms with Gasteiger partial charge in [-0.15, -0.1) is 11.3 Å². The number of benzene rings is 2. The van der Waals surface area contributed by atoms with E-state index in [1.807, 2.05) is 53.9 Å². The Hall–Kier alpha value is -3.00. The lowest BCUT2D eigenvalue weighted by Crippen LogP contribution is -2.47. The third kappa shape index (κ3) is 5.64. The monoisotopic (exact) mass is 517 g/mol. The summed E-state index contributed by atoms with van der Waals surface area (Å²) in [5, 5.41) is 5.15. The van der Waals surface area contributed by atoms with E-state index in [1.165, 1.54) is 18.4 Å². The lowest BCUT2D eigenvalue weighted by Gasteiger charge is -2.41. The average molecular weight is 518 g/mol. The van der Waals surface area contributed by atoms with Gasteiger partial charge in [-0.2, -0.15) is 0 Å². The van der Waals surface area contributed by atoms with E-state index in [2.05, 4.69) is 29.3 Å². The molecule has 3 heterocycles. The van der Waals surface area contributed by atoms with Gasteiger partial charge in [-0.3, -0.25) is 14.5 Å². The number of amides is 2. The predicted octanol–water partition coefficient (Wildman–Crippen LogP) is 5.55. The Morgan fingerprint density at radius 2 is 1.81 bits per heavy atom. The number of thiophene rings is 1. The van der Waals surface area contributed by atoms with Gasteiger partial charge in [0.1, 0.15) is 0 Å². The van der Waals surface area contributed by atoms with Crippen molar-refractivity contribution < 1.29 is 14.3 Å². The highest BCUT2D eigenvalue weighted by molar-refractivity contribution is 7.10. The number of likely N-dealkylation sites (tertiary alicyclic amines) is 1. The fourth-order valence-electron chi connectivity index (χ4n) is 5.48. The molecule has 0 spiro atoms. The molecule has 0 aliphatic carbocycles. The van der Waals surface area contributed by atoms with Crippen molar-refractivity contribution in [2.75, 3.05) is 38.7 Å². The third-order valence-corrected chi connectivity index (χ3v) is 8.54. The van der Waals surface area contributed by atoms with Crippen LogP contribution in [0.3, 0.4) is 0 Å². The smallest absolute Gasteiger partial charge is 0.254 e. The van der Waals surface area contributed by atoms with Crippen molar-refractivity contribution in [3.05, 3.63) is 87.6 Å². The van der Waals surface area contributed by atoms with Crippen molar-refractivity contribution in [3.8, 4) is 0 Å². The SMILES string of the molecule is COCCN1C(=O)c2ccccc2[C@H](C(=O)Nc2ccc(CN3CCC(C)CC3)cc2)[C@H]1c1cccs1. The Labute approximate surface area is 223 Å². The summed E-state index contributed by atoms with van der Waals surface area (Å²) < 4.78 is 5.31. The minimum absolute atomic E-state index is 0.0634. The second kappa shape index (κ2) is 11.6. The number of methoxy groups -OCH3 is 1. The van der Waals surface area contributed by atoms with Crippen LogP contribution in [0.15, 0.2) is 66.0 Å². The van der Waals surface area contributed by atoms with Crippen LogP contribution in [0, 0.1) is 5.92 Å². The molecule has 2 aliphatic rings. The van der Waals surface area contributed by atoms with Crippen molar-refractivity contribution in [2.45, 2.75) is 38.3 Å². The van der Waals surface area contributed by atoms with Gasteiger partial charge < -0.3 is 15.0 Å². The molecule has 0 radical (unpaired) electrons. The first-order valence-electron chi connectivity index (χ1n) is 13.1. The molecule has 1 N–H and O–H groups in total. The van der Waals surface area contributed by atoms with Crippen molar-refractivity contribution >= 4 is 28.8 Å². The van der Waals surface area contributed by atoms with Gasteiger partial charge in [0.2, 0.25) is 5.91 Å². The van der Waals surface area contributed by atoms with Crippen LogP contribution < -0.4 is 5.32 Å². The van der Waals surface area contributed by atoms with E-state index in [0.29, 0.717) is 18.7 Å². The second-order valence-electron chi connectivity index (χ2n) is 10.2. The summed E-state index contributed by atoms with van der Waals surface area (Å²) in [6.45, 7) is 6.37. The maximum Gasteiger partial charge on any atom is 0.254 e. The van der Waals surface area contributed by atoms with Gasteiger partial charge in [-0.25, -0.2) is 0 Å². The first-order valence-corrected chi connectivity index (χ1v) is 14.0. The van der Waals surface area contributed by atoms with Gasteiger partial charge in [0.15, 0.2) is 0 Å². The largest absolute Gasteiger partial charge is 0.383 e. The molecule has 1 aromatic heterocycles. The van der Waals surface area contributed by atoms with E-state index in [-0.39, 0.29) is 11.8 Å². The van der Waals surface area contributed by atoms with Gasteiger partial charge in [-0.1, -0.05) is 43.3 Å². The summed E-state index contributed by atoms with van der Waals surface area (Å²) >= 11 is 1.57. The number of ether oxygens (including phenoxy) is 1. The molecule has 5 rings (SSSR count). The predicted molar refractivity (Wildman–Crippen MR) is 148 cm³/mol. The Morgan fingerprint density at radius 1 is 1.05 bits per heavy atom. The van der Waals surface area contributed by atoms with Crippen molar-refractivity contribution in [1.82, 2.24) is 9.80 Å². The molecule has 194 valence electrons. The molecule has 0 bridgehead atoms. The number of fused-ring (bicyclic) bond motifs is 1. The molecule has 0 unspecified atom stereocenters. The molecule has 0 saturated carbocycles. The number of nitrogens with one attached hydrogen (secondary N) is 1. The number of nitrogens with zero attached hydrogens (tertiary/aromatic N) is 2. The molecule has 2 amide bonds. The average Bonchev–Trinajstić information content (AvgIpc) is 3.45. The topological polar surface area (TPSA) is 61.9 Å². The maximum atomic E-state index is 13.9. The summed E-state index contributed by atoms with van der Waals surface area (Å²) in [4.78, 5) is 32.7. The van der Waals surface area contributed by atoms with Crippen LogP contribution in [0.25, 0.3) is 0 Å². The summed E-state index contributed by atoms with van der Waals surface area (Å²) in [6, 6.07) is 19.3. The van der Waals surface area contributed by atoms with E-state index in [0.717, 1.165) is 41.7 Å². The molecule has 37 heavy (non-hydrogen) atoms. The number of hydrogen-bond donors (Lipinski definition) is 1. The summed E-state index contributed by atoms with van der Waals surface area (Å²) in [5.41, 5.74) is 3.37. The Morgan fingerprint density at radius 3 is 2.51 bits per heavy atom. The van der Waals surface area contributed by atoms with Crippen molar-refractivity contribution in [1.29, 1.82) is 0 Å². The first-order chi connectivity index (χ1) is 18.0. The standard InChI is InChI=1S/C30H35N3O3S/c1-21-13-15-32(16-14-21)20-22-9-11-23(12-10-22)31-29(34)27-24-6-3-4-7-25(24)30(35)33(17-18-36-2)28(27)26-8-5-19-37-26/h3-12,19,21,27-28H,13-18,20H2,1-2H3,(H,31,34)/t27-,28+/m0/s1. The van der Waals surface area contributed by atoms with E-state index in [9.17, 15) is 9.59 Å². The van der Waals surface area contributed by atoms with Gasteiger partial charge in [0, 0.05) is 36.3 Å². The zero-order valence-electron chi connectivity index (χ0n) is 21.6. The highest BCUT2D eigenvalue weighted by atomic mass is 32.1. The number of carbonyl (C=O) groups excluding carboxylic acids is 2. The summed E-state index contributed by atoms with van der Waals surface area (Å²) in [7, 11) is 1.63. The molecule has 6 nitrogen and oxygen atoms in total. The minimum Gasteiger partial charge on any atom is -0.383 e. The zero-order valence-corrected chi connectivity index (χ0v) is 22.4. The van der Waals surface area contributed by atoms with E-state index < -0.39 is 12.0 Å². The van der Waals surface area contributed by atoms with Gasteiger partial charge in [0.05, 0.1) is 18.6 Å². The van der Waals surface area contributed by atoms with Crippen LogP contribution in [0.4, 0.5) is 5.69 Å². The maximum absolute atomic E-state index is 13.9. The second-order valence-corrected chi connectivity index (χ2v) is 11.1. The van der Waals surface area contributed by atoms with E-state index >= 15 is 0 Å². The normalized spacial score (nSPS) is 20.6. The van der Waals surface area contributed by atoms with Gasteiger partial charge in [-0.05, 0) is 72.6 Å². The lowest BCUT2D eigenvalue weighted by molar-refractivity contribution is -0.119. The summed E-state index contributed by atoms with van der Waals surface area (Å²) in [5.74, 6) is 0.113. The molecular formula is C30H35N3O3S. The zero-order chi connectivity index (χ0) is 25.8. The number of anilines is 1. The highest BCUT2D eigenvalue weighted by Gasteiger charge is 2.44. The van der Waals surface area contributed by atoms with Crippen molar-refractivity contribution in [3.63, 3.8) is 0 Å². The lowest BCUT2D eigenvalue weighted by atomic mass is 9.81. The molecule has 2 atom stereocenters. The van der Waals surface area contributed by atoms with E-state index in [1.54, 1.807) is 23.3 Å².